The highest BCUT2D eigenvalue weighted by atomic mass is 127. The van der Waals surface area contributed by atoms with E-state index in [9.17, 15) is 0 Å². The van der Waals surface area contributed by atoms with E-state index in [4.69, 9.17) is 4.74 Å². The maximum Gasteiger partial charge on any atom is 0.191 e. The molecule has 1 heterocycles. The van der Waals surface area contributed by atoms with Crippen molar-refractivity contribution in [3.8, 4) is 5.75 Å². The largest absolute Gasteiger partial charge is 0.496 e. The lowest BCUT2D eigenvalue weighted by Crippen LogP contribution is -2.46. The molecule has 0 radical (unpaired) electrons. The number of aliphatic imine (C=N–C) groups is 1. The van der Waals surface area contributed by atoms with Gasteiger partial charge in [-0.05, 0) is 50.1 Å². The number of rotatable bonds is 9. The number of halogens is 1. The zero-order chi connectivity index (χ0) is 21.9. The number of methoxy groups -OCH3 is 1. The minimum atomic E-state index is 0. The third kappa shape index (κ3) is 8.16. The third-order valence-electron chi connectivity index (χ3n) is 5.80. The normalized spacial score (nSPS) is 14.6. The molecule has 0 aromatic heterocycles. The SMILES string of the molecule is CN=C(NCCCCN1CCN(c2cccc(C)c2)CC1)NCc1ccccc1OC.I. The van der Waals surface area contributed by atoms with Gasteiger partial charge in [0.25, 0.3) is 0 Å². The van der Waals surface area contributed by atoms with Gasteiger partial charge in [-0.25, -0.2) is 0 Å². The Morgan fingerprint density at radius 3 is 2.50 bits per heavy atom. The molecular weight excluding hydrogens is 513 g/mol. The highest BCUT2D eigenvalue weighted by molar-refractivity contribution is 14.0. The van der Waals surface area contributed by atoms with Crippen LogP contribution in [0.1, 0.15) is 24.0 Å². The standard InChI is InChI=1S/C25H37N5O.HI/c1-21-9-8-11-23(19-21)30-17-15-29(16-18-30)14-7-6-13-27-25(26-2)28-20-22-10-4-5-12-24(22)31-3;/h4-5,8-12,19H,6-7,13-18,20H2,1-3H3,(H2,26,27,28);1H. The van der Waals surface area contributed by atoms with Gasteiger partial charge in [0.05, 0.1) is 7.11 Å². The first-order chi connectivity index (χ1) is 15.2. The molecule has 0 unspecified atom stereocenters. The Morgan fingerprint density at radius 2 is 1.78 bits per heavy atom. The Hall–Kier alpha value is -2.00. The lowest BCUT2D eigenvalue weighted by atomic mass is 10.2. The average molecular weight is 552 g/mol. The van der Waals surface area contributed by atoms with Crippen LogP contribution in [0.3, 0.4) is 0 Å². The van der Waals surface area contributed by atoms with Crippen molar-refractivity contribution in [2.75, 3.05) is 58.3 Å². The Balaban J connectivity index is 0.00000363. The van der Waals surface area contributed by atoms with Crippen LogP contribution in [0.2, 0.25) is 0 Å². The zero-order valence-electron chi connectivity index (χ0n) is 19.6. The van der Waals surface area contributed by atoms with E-state index in [0.717, 1.165) is 63.0 Å². The van der Waals surface area contributed by atoms with Gasteiger partial charge in [-0.3, -0.25) is 9.89 Å². The van der Waals surface area contributed by atoms with E-state index in [2.05, 4.69) is 62.7 Å². The van der Waals surface area contributed by atoms with E-state index >= 15 is 0 Å². The molecule has 0 spiro atoms. The molecule has 2 aromatic carbocycles. The van der Waals surface area contributed by atoms with Crippen molar-refractivity contribution < 1.29 is 4.74 Å². The summed E-state index contributed by atoms with van der Waals surface area (Å²) < 4.78 is 5.41. The van der Waals surface area contributed by atoms with Crippen molar-refractivity contribution >= 4 is 35.6 Å². The van der Waals surface area contributed by atoms with E-state index in [1.807, 2.05) is 25.2 Å². The number of hydrogen-bond acceptors (Lipinski definition) is 4. The predicted octanol–water partition coefficient (Wildman–Crippen LogP) is 3.89. The van der Waals surface area contributed by atoms with Gasteiger partial charge in [0.1, 0.15) is 5.75 Å². The summed E-state index contributed by atoms with van der Waals surface area (Å²) in [6.07, 6.45) is 2.33. The van der Waals surface area contributed by atoms with Crippen LogP contribution in [0.25, 0.3) is 0 Å². The van der Waals surface area contributed by atoms with E-state index in [1.54, 1.807) is 7.11 Å². The van der Waals surface area contributed by atoms with Crippen molar-refractivity contribution in [1.82, 2.24) is 15.5 Å². The zero-order valence-corrected chi connectivity index (χ0v) is 22.0. The van der Waals surface area contributed by atoms with Crippen molar-refractivity contribution in [1.29, 1.82) is 0 Å². The van der Waals surface area contributed by atoms with Crippen molar-refractivity contribution in [2.45, 2.75) is 26.3 Å². The Kier molecular flexibility index (Phi) is 11.7. The molecule has 0 aliphatic carbocycles. The van der Waals surface area contributed by atoms with Crippen molar-refractivity contribution in [3.05, 3.63) is 59.7 Å². The number of nitrogens with one attached hydrogen (secondary N) is 2. The minimum Gasteiger partial charge on any atom is -0.496 e. The van der Waals surface area contributed by atoms with Crippen LogP contribution >= 0.6 is 24.0 Å². The number of aryl methyl sites for hydroxylation is 1. The highest BCUT2D eigenvalue weighted by Crippen LogP contribution is 2.18. The van der Waals surface area contributed by atoms with Gasteiger partial charge >= 0.3 is 0 Å². The van der Waals surface area contributed by atoms with Gasteiger partial charge < -0.3 is 20.3 Å². The summed E-state index contributed by atoms with van der Waals surface area (Å²) in [4.78, 5) is 9.41. The molecule has 0 amide bonds. The van der Waals surface area contributed by atoms with Crippen LogP contribution < -0.4 is 20.3 Å². The average Bonchev–Trinajstić information content (AvgIpc) is 2.81. The predicted molar refractivity (Wildman–Crippen MR) is 146 cm³/mol. The van der Waals surface area contributed by atoms with Gasteiger partial charge in [0.2, 0.25) is 0 Å². The Bertz CT molecular complexity index is 837. The molecule has 0 atom stereocenters. The number of benzene rings is 2. The van der Waals surface area contributed by atoms with Crippen molar-refractivity contribution in [3.63, 3.8) is 0 Å². The van der Waals surface area contributed by atoms with E-state index in [-0.39, 0.29) is 24.0 Å². The number of piperazine rings is 1. The summed E-state index contributed by atoms with van der Waals surface area (Å²) >= 11 is 0. The summed E-state index contributed by atoms with van der Waals surface area (Å²) in [6.45, 7) is 9.45. The maximum atomic E-state index is 5.41. The number of para-hydroxylation sites is 1. The Morgan fingerprint density at radius 1 is 1.00 bits per heavy atom. The molecule has 176 valence electrons. The molecule has 1 saturated heterocycles. The molecule has 32 heavy (non-hydrogen) atoms. The number of guanidine groups is 1. The van der Waals surface area contributed by atoms with Crippen LogP contribution in [0.15, 0.2) is 53.5 Å². The molecule has 3 rings (SSSR count). The fraction of sp³-hybridized carbons (Fsp3) is 0.480. The molecule has 2 aromatic rings. The monoisotopic (exact) mass is 551 g/mol. The van der Waals surface area contributed by atoms with Crippen LogP contribution in [0, 0.1) is 6.92 Å². The maximum absolute atomic E-state index is 5.41. The molecule has 1 aliphatic heterocycles. The summed E-state index contributed by atoms with van der Waals surface area (Å²) in [5.41, 5.74) is 3.81. The second kappa shape index (κ2) is 14.2. The van der Waals surface area contributed by atoms with Gasteiger partial charge in [-0.1, -0.05) is 30.3 Å². The van der Waals surface area contributed by atoms with E-state index < -0.39 is 0 Å². The Labute approximate surface area is 210 Å². The summed E-state index contributed by atoms with van der Waals surface area (Å²) in [5, 5.41) is 6.79. The fourth-order valence-electron chi connectivity index (χ4n) is 3.97. The molecule has 1 fully saturated rings. The highest BCUT2D eigenvalue weighted by Gasteiger charge is 2.16. The summed E-state index contributed by atoms with van der Waals surface area (Å²) in [7, 11) is 3.51. The van der Waals surface area contributed by atoms with Gasteiger partial charge in [-0.2, -0.15) is 0 Å². The fourth-order valence-corrected chi connectivity index (χ4v) is 3.97. The second-order valence-corrected chi connectivity index (χ2v) is 8.04. The molecule has 0 bridgehead atoms. The smallest absolute Gasteiger partial charge is 0.191 e. The lowest BCUT2D eigenvalue weighted by molar-refractivity contribution is 0.253. The first-order valence-corrected chi connectivity index (χ1v) is 11.3. The second-order valence-electron chi connectivity index (χ2n) is 8.04. The van der Waals surface area contributed by atoms with E-state index in [0.29, 0.717) is 6.54 Å². The topological polar surface area (TPSA) is 52.1 Å². The molecule has 0 saturated carbocycles. The number of nitrogens with zero attached hydrogens (tertiary/aromatic N) is 3. The first-order valence-electron chi connectivity index (χ1n) is 11.3. The number of hydrogen-bond donors (Lipinski definition) is 2. The molecule has 2 N–H and O–H groups in total. The summed E-state index contributed by atoms with van der Waals surface area (Å²) in [5.74, 6) is 1.73. The lowest BCUT2D eigenvalue weighted by Gasteiger charge is -2.36. The van der Waals surface area contributed by atoms with Crippen LogP contribution in [0.4, 0.5) is 5.69 Å². The molecule has 6 nitrogen and oxygen atoms in total. The van der Waals surface area contributed by atoms with E-state index in [1.165, 1.54) is 17.7 Å². The summed E-state index contributed by atoms with van der Waals surface area (Å²) in [6, 6.07) is 16.9. The van der Waals surface area contributed by atoms with Crippen LogP contribution in [0.5, 0.6) is 5.75 Å². The van der Waals surface area contributed by atoms with Crippen molar-refractivity contribution in [2.24, 2.45) is 4.99 Å². The molecule has 7 heteroatoms. The van der Waals surface area contributed by atoms with Gasteiger partial charge in [-0.15, -0.1) is 24.0 Å². The molecule has 1 aliphatic rings. The van der Waals surface area contributed by atoms with Gasteiger partial charge in [0.15, 0.2) is 5.96 Å². The van der Waals surface area contributed by atoms with Gasteiger partial charge in [0, 0.05) is 57.6 Å². The first kappa shape index (κ1) is 26.3. The quantitative estimate of drug-likeness (QED) is 0.215. The third-order valence-corrected chi connectivity index (χ3v) is 5.80. The van der Waals surface area contributed by atoms with Crippen LogP contribution in [-0.2, 0) is 6.54 Å². The molecular formula is C25H38IN5O. The number of ether oxygens (including phenoxy) is 1. The number of anilines is 1. The number of unbranched alkanes of at least 4 members (excludes halogenated alkanes) is 1. The minimum absolute atomic E-state index is 0. The van der Waals surface area contributed by atoms with Crippen LogP contribution in [-0.4, -0.2) is 64.3 Å².